The first-order chi connectivity index (χ1) is 9.53. The Bertz CT molecular complexity index is 630. The minimum absolute atomic E-state index is 0.444. The van der Waals surface area contributed by atoms with Crippen molar-refractivity contribution in [1.29, 1.82) is 0 Å². The van der Waals surface area contributed by atoms with Crippen LogP contribution in [-0.2, 0) is 6.54 Å². The molecule has 0 amide bonds. The molecule has 108 valence electrons. The molecule has 20 heavy (non-hydrogen) atoms. The van der Waals surface area contributed by atoms with Gasteiger partial charge in [-0.25, -0.2) is 4.98 Å². The molecule has 2 N–H and O–H groups in total. The first-order valence-corrected chi connectivity index (χ1v) is 7.40. The van der Waals surface area contributed by atoms with Gasteiger partial charge in [-0.3, -0.25) is 0 Å². The summed E-state index contributed by atoms with van der Waals surface area (Å²) in [6, 6.07) is 6.06. The molecule has 1 fully saturated rings. The SMILES string of the molecule is CCCOc1cccc2c1nc(N)n2CC1CC1(C)C. The second-order valence-electron chi connectivity index (χ2n) is 6.44. The molecule has 0 spiro atoms. The molecule has 2 aromatic rings. The first-order valence-electron chi connectivity index (χ1n) is 7.40. The number of benzene rings is 1. The van der Waals surface area contributed by atoms with E-state index in [0.29, 0.717) is 23.9 Å². The predicted octanol–water partition coefficient (Wildman–Crippen LogP) is 3.45. The summed E-state index contributed by atoms with van der Waals surface area (Å²) in [7, 11) is 0. The summed E-state index contributed by atoms with van der Waals surface area (Å²) in [5.41, 5.74) is 8.52. The maximum Gasteiger partial charge on any atom is 0.201 e. The second kappa shape index (κ2) is 4.69. The number of rotatable bonds is 5. The van der Waals surface area contributed by atoms with Crippen molar-refractivity contribution in [2.24, 2.45) is 11.3 Å². The molecule has 3 rings (SSSR count). The van der Waals surface area contributed by atoms with Gasteiger partial charge >= 0.3 is 0 Å². The van der Waals surface area contributed by atoms with E-state index < -0.39 is 0 Å². The molecule has 0 radical (unpaired) electrons. The Kier molecular flexibility index (Phi) is 3.11. The monoisotopic (exact) mass is 273 g/mol. The lowest BCUT2D eigenvalue weighted by molar-refractivity contribution is 0.320. The molecule has 4 heteroatoms. The Hall–Kier alpha value is -1.71. The normalized spacial score (nSPS) is 20.2. The van der Waals surface area contributed by atoms with Crippen LogP contribution in [-0.4, -0.2) is 16.2 Å². The quantitative estimate of drug-likeness (QED) is 0.907. The summed E-state index contributed by atoms with van der Waals surface area (Å²) in [4.78, 5) is 4.51. The van der Waals surface area contributed by atoms with Gasteiger partial charge in [0.1, 0.15) is 11.3 Å². The topological polar surface area (TPSA) is 53.1 Å². The molecular weight excluding hydrogens is 250 g/mol. The first kappa shape index (κ1) is 13.3. The number of aromatic nitrogens is 2. The molecular formula is C16H23N3O. The fourth-order valence-corrected chi connectivity index (χ4v) is 2.77. The average Bonchev–Trinajstić information content (AvgIpc) is 2.88. The molecule has 1 atom stereocenters. The second-order valence-corrected chi connectivity index (χ2v) is 6.44. The number of fused-ring (bicyclic) bond motifs is 1. The van der Waals surface area contributed by atoms with Gasteiger partial charge in [0.2, 0.25) is 5.95 Å². The van der Waals surface area contributed by atoms with Gasteiger partial charge in [0.05, 0.1) is 12.1 Å². The van der Waals surface area contributed by atoms with Gasteiger partial charge in [-0.15, -0.1) is 0 Å². The molecule has 1 unspecified atom stereocenters. The maximum atomic E-state index is 6.11. The van der Waals surface area contributed by atoms with Gasteiger partial charge in [0, 0.05) is 6.54 Å². The van der Waals surface area contributed by atoms with E-state index in [1.165, 1.54) is 6.42 Å². The van der Waals surface area contributed by atoms with Crippen molar-refractivity contribution in [1.82, 2.24) is 9.55 Å². The molecule has 1 aliphatic carbocycles. The van der Waals surface area contributed by atoms with Gasteiger partial charge in [-0.2, -0.15) is 0 Å². The van der Waals surface area contributed by atoms with E-state index >= 15 is 0 Å². The highest BCUT2D eigenvalue weighted by Gasteiger charge is 2.45. The van der Waals surface area contributed by atoms with Gasteiger partial charge < -0.3 is 15.0 Å². The van der Waals surface area contributed by atoms with Crippen molar-refractivity contribution < 1.29 is 4.74 Å². The van der Waals surface area contributed by atoms with E-state index in [0.717, 1.165) is 29.7 Å². The van der Waals surface area contributed by atoms with Crippen LogP contribution >= 0.6 is 0 Å². The maximum absolute atomic E-state index is 6.11. The summed E-state index contributed by atoms with van der Waals surface area (Å²) in [6.07, 6.45) is 2.25. The highest BCUT2D eigenvalue weighted by atomic mass is 16.5. The fourth-order valence-electron chi connectivity index (χ4n) is 2.77. The number of para-hydroxylation sites is 1. The van der Waals surface area contributed by atoms with Crippen molar-refractivity contribution in [2.75, 3.05) is 12.3 Å². The molecule has 0 bridgehead atoms. The molecule has 1 aromatic carbocycles. The zero-order chi connectivity index (χ0) is 14.3. The summed E-state index contributed by atoms with van der Waals surface area (Å²) in [5, 5.41) is 0. The van der Waals surface area contributed by atoms with Crippen LogP contribution in [0.2, 0.25) is 0 Å². The number of nitrogen functional groups attached to an aromatic ring is 1. The predicted molar refractivity (Wildman–Crippen MR) is 81.8 cm³/mol. The van der Waals surface area contributed by atoms with Crippen LogP contribution in [0.5, 0.6) is 5.75 Å². The summed E-state index contributed by atoms with van der Waals surface area (Å²) in [5.74, 6) is 2.13. The van der Waals surface area contributed by atoms with Gasteiger partial charge in [-0.05, 0) is 36.3 Å². The van der Waals surface area contributed by atoms with E-state index in [-0.39, 0.29) is 0 Å². The Morgan fingerprint density at radius 1 is 1.45 bits per heavy atom. The molecule has 1 saturated carbocycles. The van der Waals surface area contributed by atoms with Crippen LogP contribution in [0.3, 0.4) is 0 Å². The lowest BCUT2D eigenvalue weighted by atomic mass is 10.1. The zero-order valence-corrected chi connectivity index (χ0v) is 12.5. The van der Waals surface area contributed by atoms with Crippen LogP contribution in [0.25, 0.3) is 11.0 Å². The minimum Gasteiger partial charge on any atom is -0.491 e. The zero-order valence-electron chi connectivity index (χ0n) is 12.5. The minimum atomic E-state index is 0.444. The number of nitrogens with zero attached hydrogens (tertiary/aromatic N) is 2. The van der Waals surface area contributed by atoms with E-state index in [2.05, 4.69) is 36.4 Å². The summed E-state index contributed by atoms with van der Waals surface area (Å²) in [6.45, 7) is 8.38. The average molecular weight is 273 g/mol. The standard InChI is InChI=1S/C16H23N3O/c1-4-8-20-13-7-5-6-12-14(13)18-15(17)19(12)10-11-9-16(11,2)3/h5-7,11H,4,8-10H2,1-3H3,(H2,17,18). The van der Waals surface area contributed by atoms with Crippen molar-refractivity contribution in [2.45, 2.75) is 40.2 Å². The van der Waals surface area contributed by atoms with E-state index in [1.54, 1.807) is 0 Å². The highest BCUT2D eigenvalue weighted by molar-refractivity contribution is 5.84. The van der Waals surface area contributed by atoms with Gasteiger partial charge in [-0.1, -0.05) is 26.8 Å². The molecule has 1 heterocycles. The smallest absolute Gasteiger partial charge is 0.201 e. The fraction of sp³-hybridized carbons (Fsp3) is 0.562. The third-order valence-electron chi connectivity index (χ3n) is 4.35. The Morgan fingerprint density at radius 2 is 2.20 bits per heavy atom. The van der Waals surface area contributed by atoms with Crippen molar-refractivity contribution in [3.63, 3.8) is 0 Å². The number of hydrogen-bond donors (Lipinski definition) is 1. The van der Waals surface area contributed by atoms with Gasteiger partial charge in [0.25, 0.3) is 0 Å². The third-order valence-corrected chi connectivity index (χ3v) is 4.35. The number of anilines is 1. The van der Waals surface area contributed by atoms with E-state index in [1.807, 2.05) is 12.1 Å². The van der Waals surface area contributed by atoms with Crippen molar-refractivity contribution >= 4 is 17.0 Å². The Balaban J connectivity index is 1.94. The number of hydrogen-bond acceptors (Lipinski definition) is 3. The van der Waals surface area contributed by atoms with Crippen LogP contribution in [0, 0.1) is 11.3 Å². The number of imidazole rings is 1. The lowest BCUT2D eigenvalue weighted by Gasteiger charge is -2.09. The van der Waals surface area contributed by atoms with Crippen LogP contribution < -0.4 is 10.5 Å². The number of ether oxygens (including phenoxy) is 1. The van der Waals surface area contributed by atoms with Crippen LogP contribution in [0.4, 0.5) is 5.95 Å². The molecule has 4 nitrogen and oxygen atoms in total. The largest absolute Gasteiger partial charge is 0.491 e. The van der Waals surface area contributed by atoms with E-state index in [9.17, 15) is 0 Å². The van der Waals surface area contributed by atoms with Crippen molar-refractivity contribution in [3.8, 4) is 5.75 Å². The van der Waals surface area contributed by atoms with E-state index in [4.69, 9.17) is 10.5 Å². The highest BCUT2D eigenvalue weighted by Crippen LogP contribution is 2.52. The molecule has 1 aliphatic rings. The molecule has 0 aliphatic heterocycles. The lowest BCUT2D eigenvalue weighted by Crippen LogP contribution is -2.07. The van der Waals surface area contributed by atoms with Crippen LogP contribution in [0.1, 0.15) is 33.6 Å². The Labute approximate surface area is 119 Å². The number of nitrogens with two attached hydrogens (primary N) is 1. The van der Waals surface area contributed by atoms with Crippen molar-refractivity contribution in [3.05, 3.63) is 18.2 Å². The molecule has 0 saturated heterocycles. The van der Waals surface area contributed by atoms with Gasteiger partial charge in [0.15, 0.2) is 0 Å². The summed E-state index contributed by atoms with van der Waals surface area (Å²) < 4.78 is 7.90. The summed E-state index contributed by atoms with van der Waals surface area (Å²) >= 11 is 0. The van der Waals surface area contributed by atoms with Crippen LogP contribution in [0.15, 0.2) is 18.2 Å². The third kappa shape index (κ3) is 2.23. The molecule has 1 aromatic heterocycles. The Morgan fingerprint density at radius 3 is 2.85 bits per heavy atom.